The van der Waals surface area contributed by atoms with Crippen LogP contribution < -0.4 is 16.5 Å². The van der Waals surface area contributed by atoms with E-state index in [0.29, 0.717) is 17.3 Å². The predicted octanol–water partition coefficient (Wildman–Crippen LogP) is 0.768. The smallest absolute Gasteiger partial charge is 0.169 e. The topological polar surface area (TPSA) is 79.1 Å². The molecule has 0 aliphatic rings. The number of rotatable bonds is 4. The third-order valence-corrected chi connectivity index (χ3v) is 1.64. The number of nitrogens with one attached hydrogen (secondary N) is 2. The molecule has 0 saturated carbocycles. The molecule has 84 valence electrons. The lowest BCUT2D eigenvalue weighted by atomic mass is 10.3. The van der Waals surface area contributed by atoms with Gasteiger partial charge in [0.15, 0.2) is 11.6 Å². The summed E-state index contributed by atoms with van der Waals surface area (Å²) in [6.45, 7) is 4.06. The molecule has 0 atom stereocenters. The van der Waals surface area contributed by atoms with Crippen LogP contribution in [-0.2, 0) is 0 Å². The van der Waals surface area contributed by atoms with Crippen molar-refractivity contribution in [3.63, 3.8) is 0 Å². The first-order valence-corrected chi connectivity index (χ1v) is 4.81. The van der Waals surface area contributed by atoms with Crippen LogP contribution >= 0.6 is 0 Å². The lowest BCUT2D eigenvalue weighted by Gasteiger charge is -2.17. The Bertz CT molecular complexity index is 294. The zero-order chi connectivity index (χ0) is 11.4. The largest absolute Gasteiger partial charge is 0.393 e. The Kier molecular flexibility index (Phi) is 3.68. The standard InChI is InChI=1S/C9H18N6/c1-6(2)13-8-7(10)9(12-5-11-8)14-15(3)4/h5-6H,10H2,1-4H3,(H2,11,12,13,14). The van der Waals surface area contributed by atoms with Crippen LogP contribution in [0.1, 0.15) is 13.8 Å². The molecule has 1 aromatic rings. The molecule has 0 unspecified atom stereocenters. The minimum atomic E-state index is 0.286. The summed E-state index contributed by atoms with van der Waals surface area (Å²) >= 11 is 0. The molecule has 6 nitrogen and oxygen atoms in total. The minimum Gasteiger partial charge on any atom is -0.393 e. The highest BCUT2D eigenvalue weighted by Crippen LogP contribution is 2.22. The number of aromatic nitrogens is 2. The van der Waals surface area contributed by atoms with E-state index < -0.39 is 0 Å². The SMILES string of the molecule is CC(C)Nc1ncnc(NN(C)C)c1N. The zero-order valence-electron chi connectivity index (χ0n) is 9.57. The molecule has 0 aliphatic carbocycles. The first kappa shape index (κ1) is 11.5. The van der Waals surface area contributed by atoms with Crippen molar-refractivity contribution in [3.05, 3.63) is 6.33 Å². The summed E-state index contributed by atoms with van der Waals surface area (Å²) in [4.78, 5) is 8.14. The summed E-state index contributed by atoms with van der Waals surface area (Å²) in [5.74, 6) is 1.27. The fourth-order valence-corrected chi connectivity index (χ4v) is 1.08. The Labute approximate surface area is 89.9 Å². The maximum atomic E-state index is 5.90. The molecule has 4 N–H and O–H groups in total. The molecule has 0 bridgehead atoms. The second-order valence-corrected chi connectivity index (χ2v) is 3.79. The van der Waals surface area contributed by atoms with E-state index in [-0.39, 0.29) is 6.04 Å². The number of anilines is 3. The molecule has 1 aromatic heterocycles. The summed E-state index contributed by atoms with van der Waals surface area (Å²) in [6.07, 6.45) is 1.48. The van der Waals surface area contributed by atoms with E-state index in [4.69, 9.17) is 5.73 Å². The van der Waals surface area contributed by atoms with Crippen molar-refractivity contribution < 1.29 is 0 Å². The number of nitrogens with zero attached hydrogens (tertiary/aromatic N) is 3. The molecular formula is C9H18N6. The van der Waals surface area contributed by atoms with Gasteiger partial charge in [-0.15, -0.1) is 0 Å². The van der Waals surface area contributed by atoms with Crippen LogP contribution in [0.5, 0.6) is 0 Å². The molecular weight excluding hydrogens is 192 g/mol. The lowest BCUT2D eigenvalue weighted by molar-refractivity contribution is 0.492. The number of nitrogen functional groups attached to an aromatic ring is 1. The van der Waals surface area contributed by atoms with Crippen molar-refractivity contribution in [1.82, 2.24) is 15.0 Å². The fourth-order valence-electron chi connectivity index (χ4n) is 1.08. The average molecular weight is 210 g/mol. The van der Waals surface area contributed by atoms with Gasteiger partial charge in [-0.25, -0.2) is 15.0 Å². The van der Waals surface area contributed by atoms with Crippen molar-refractivity contribution in [2.75, 3.05) is 30.6 Å². The van der Waals surface area contributed by atoms with Gasteiger partial charge in [0.1, 0.15) is 12.0 Å². The van der Waals surface area contributed by atoms with Crippen LogP contribution in [0.2, 0.25) is 0 Å². The molecule has 0 amide bonds. The van der Waals surface area contributed by atoms with E-state index in [1.807, 2.05) is 27.9 Å². The molecule has 0 saturated heterocycles. The van der Waals surface area contributed by atoms with E-state index in [1.165, 1.54) is 6.33 Å². The number of hydrogen-bond acceptors (Lipinski definition) is 6. The highest BCUT2D eigenvalue weighted by atomic mass is 15.5. The van der Waals surface area contributed by atoms with E-state index in [9.17, 15) is 0 Å². The summed E-state index contributed by atoms with van der Waals surface area (Å²) in [5.41, 5.74) is 9.43. The molecule has 0 radical (unpaired) electrons. The van der Waals surface area contributed by atoms with Crippen LogP contribution in [0.4, 0.5) is 17.3 Å². The molecule has 6 heteroatoms. The summed E-state index contributed by atoms with van der Waals surface area (Å²) in [6, 6.07) is 0.286. The van der Waals surface area contributed by atoms with Crippen LogP contribution in [0.15, 0.2) is 6.33 Å². The maximum Gasteiger partial charge on any atom is 0.169 e. The van der Waals surface area contributed by atoms with Gasteiger partial charge in [0, 0.05) is 20.1 Å². The quantitative estimate of drug-likeness (QED) is 0.637. The van der Waals surface area contributed by atoms with Gasteiger partial charge in [-0.05, 0) is 13.8 Å². The molecule has 15 heavy (non-hydrogen) atoms. The maximum absolute atomic E-state index is 5.90. The average Bonchev–Trinajstić information content (AvgIpc) is 2.10. The molecule has 1 rings (SSSR count). The van der Waals surface area contributed by atoms with Crippen molar-refractivity contribution in [1.29, 1.82) is 0 Å². The normalized spacial score (nSPS) is 10.8. The fraction of sp³-hybridized carbons (Fsp3) is 0.556. The van der Waals surface area contributed by atoms with Gasteiger partial charge in [0.25, 0.3) is 0 Å². The van der Waals surface area contributed by atoms with Crippen LogP contribution in [0, 0.1) is 0 Å². The first-order valence-electron chi connectivity index (χ1n) is 4.81. The van der Waals surface area contributed by atoms with Gasteiger partial charge in [-0.3, -0.25) is 0 Å². The van der Waals surface area contributed by atoms with Crippen LogP contribution in [-0.4, -0.2) is 35.1 Å². The Morgan fingerprint density at radius 2 is 1.87 bits per heavy atom. The van der Waals surface area contributed by atoms with E-state index in [0.717, 1.165) is 0 Å². The highest BCUT2D eigenvalue weighted by molar-refractivity contribution is 5.73. The van der Waals surface area contributed by atoms with Crippen molar-refractivity contribution in [2.45, 2.75) is 19.9 Å². The monoisotopic (exact) mass is 210 g/mol. The second-order valence-electron chi connectivity index (χ2n) is 3.79. The summed E-state index contributed by atoms with van der Waals surface area (Å²) in [5, 5.41) is 4.93. The van der Waals surface area contributed by atoms with E-state index in [2.05, 4.69) is 20.7 Å². The molecule has 1 heterocycles. The summed E-state index contributed by atoms with van der Waals surface area (Å²) in [7, 11) is 3.74. The van der Waals surface area contributed by atoms with Gasteiger partial charge in [-0.2, -0.15) is 0 Å². The molecule has 0 aliphatic heterocycles. The number of nitrogens with two attached hydrogens (primary N) is 1. The third-order valence-electron chi connectivity index (χ3n) is 1.64. The Morgan fingerprint density at radius 1 is 1.27 bits per heavy atom. The minimum absolute atomic E-state index is 0.286. The third kappa shape index (κ3) is 3.25. The Hall–Kier alpha value is -1.56. The first-order chi connectivity index (χ1) is 7.00. The Morgan fingerprint density at radius 3 is 2.40 bits per heavy atom. The van der Waals surface area contributed by atoms with Gasteiger partial charge < -0.3 is 16.5 Å². The zero-order valence-corrected chi connectivity index (χ0v) is 9.57. The molecule has 0 spiro atoms. The Balaban J connectivity index is 2.90. The van der Waals surface area contributed by atoms with Gasteiger partial charge in [0.2, 0.25) is 0 Å². The lowest BCUT2D eigenvalue weighted by Crippen LogP contribution is -2.22. The molecule has 0 aromatic carbocycles. The van der Waals surface area contributed by atoms with E-state index >= 15 is 0 Å². The van der Waals surface area contributed by atoms with Gasteiger partial charge in [0.05, 0.1) is 0 Å². The van der Waals surface area contributed by atoms with Crippen molar-refractivity contribution in [2.24, 2.45) is 0 Å². The molecule has 0 fully saturated rings. The van der Waals surface area contributed by atoms with Crippen molar-refractivity contribution in [3.8, 4) is 0 Å². The van der Waals surface area contributed by atoms with Crippen LogP contribution in [0.3, 0.4) is 0 Å². The predicted molar refractivity (Wildman–Crippen MR) is 62.5 cm³/mol. The van der Waals surface area contributed by atoms with E-state index in [1.54, 1.807) is 5.01 Å². The second kappa shape index (κ2) is 4.79. The summed E-state index contributed by atoms with van der Waals surface area (Å²) < 4.78 is 0. The number of hydrogen-bond donors (Lipinski definition) is 3. The van der Waals surface area contributed by atoms with Crippen molar-refractivity contribution >= 4 is 17.3 Å². The van der Waals surface area contributed by atoms with Gasteiger partial charge in [-0.1, -0.05) is 0 Å². The highest BCUT2D eigenvalue weighted by Gasteiger charge is 2.08. The van der Waals surface area contributed by atoms with Crippen LogP contribution in [0.25, 0.3) is 0 Å². The number of hydrazine groups is 1. The van der Waals surface area contributed by atoms with Gasteiger partial charge >= 0.3 is 0 Å².